The third kappa shape index (κ3) is 3.10. The quantitative estimate of drug-likeness (QED) is 0.938. The minimum Gasteiger partial charge on any atom is -0.494 e. The van der Waals surface area contributed by atoms with E-state index in [1.165, 1.54) is 12.8 Å². The van der Waals surface area contributed by atoms with Crippen molar-refractivity contribution in [2.45, 2.75) is 26.3 Å². The highest BCUT2D eigenvalue weighted by Gasteiger charge is 2.14. The third-order valence-electron chi connectivity index (χ3n) is 4.11. The first kappa shape index (κ1) is 14.1. The van der Waals surface area contributed by atoms with Crippen LogP contribution in [-0.4, -0.2) is 24.3 Å². The Balaban J connectivity index is 1.88. The second-order valence-corrected chi connectivity index (χ2v) is 5.67. The molecular formula is C17H22N2O2. The van der Waals surface area contributed by atoms with E-state index in [-0.39, 0.29) is 5.56 Å². The highest BCUT2D eigenvalue weighted by Crippen LogP contribution is 2.19. The summed E-state index contributed by atoms with van der Waals surface area (Å²) in [4.78, 5) is 12.6. The van der Waals surface area contributed by atoms with Gasteiger partial charge < -0.3 is 14.6 Å². The van der Waals surface area contributed by atoms with Crippen molar-refractivity contribution in [1.82, 2.24) is 9.88 Å². The summed E-state index contributed by atoms with van der Waals surface area (Å²) in [7, 11) is 0. The van der Waals surface area contributed by atoms with Crippen LogP contribution in [0.25, 0.3) is 10.8 Å². The zero-order chi connectivity index (χ0) is 14.7. The van der Waals surface area contributed by atoms with Crippen LogP contribution in [0.5, 0.6) is 5.75 Å². The van der Waals surface area contributed by atoms with Gasteiger partial charge in [-0.05, 0) is 68.4 Å². The van der Waals surface area contributed by atoms with Crippen LogP contribution >= 0.6 is 0 Å². The maximum absolute atomic E-state index is 12.6. The van der Waals surface area contributed by atoms with E-state index in [2.05, 4.69) is 5.32 Å². The van der Waals surface area contributed by atoms with Crippen LogP contribution in [0.4, 0.5) is 0 Å². The van der Waals surface area contributed by atoms with Crippen molar-refractivity contribution in [1.29, 1.82) is 0 Å². The molecule has 112 valence electrons. The van der Waals surface area contributed by atoms with Crippen molar-refractivity contribution in [2.24, 2.45) is 5.92 Å². The average molecular weight is 286 g/mol. The van der Waals surface area contributed by atoms with Crippen LogP contribution in [0, 0.1) is 5.92 Å². The van der Waals surface area contributed by atoms with Crippen LogP contribution in [-0.2, 0) is 6.54 Å². The number of nitrogens with one attached hydrogen (secondary N) is 1. The van der Waals surface area contributed by atoms with E-state index in [4.69, 9.17) is 4.74 Å². The van der Waals surface area contributed by atoms with Gasteiger partial charge in [0.05, 0.1) is 6.61 Å². The van der Waals surface area contributed by atoms with Crippen molar-refractivity contribution < 1.29 is 4.74 Å². The molecular weight excluding hydrogens is 264 g/mol. The minimum atomic E-state index is 0.0983. The van der Waals surface area contributed by atoms with Crippen molar-refractivity contribution in [3.8, 4) is 5.75 Å². The summed E-state index contributed by atoms with van der Waals surface area (Å²) in [6.07, 6.45) is 4.31. The number of hydrogen-bond donors (Lipinski definition) is 1. The summed E-state index contributed by atoms with van der Waals surface area (Å²) in [5.41, 5.74) is 0.0983. The molecule has 21 heavy (non-hydrogen) atoms. The van der Waals surface area contributed by atoms with Crippen LogP contribution in [0.15, 0.2) is 35.3 Å². The maximum Gasteiger partial charge on any atom is 0.258 e. The van der Waals surface area contributed by atoms with E-state index in [0.29, 0.717) is 12.5 Å². The Morgan fingerprint density at radius 1 is 1.38 bits per heavy atom. The van der Waals surface area contributed by atoms with Crippen molar-refractivity contribution in [3.05, 3.63) is 40.8 Å². The highest BCUT2D eigenvalue weighted by molar-refractivity contribution is 5.82. The fourth-order valence-electron chi connectivity index (χ4n) is 3.02. The predicted molar refractivity (Wildman–Crippen MR) is 85.0 cm³/mol. The third-order valence-corrected chi connectivity index (χ3v) is 4.11. The average Bonchev–Trinajstić information content (AvgIpc) is 2.52. The number of pyridine rings is 1. The molecule has 1 aromatic carbocycles. The van der Waals surface area contributed by atoms with Crippen LogP contribution in [0.1, 0.15) is 19.8 Å². The fourth-order valence-corrected chi connectivity index (χ4v) is 3.02. The van der Waals surface area contributed by atoms with Crippen LogP contribution in [0.3, 0.4) is 0 Å². The van der Waals surface area contributed by atoms with Gasteiger partial charge in [0.25, 0.3) is 5.56 Å². The monoisotopic (exact) mass is 286 g/mol. The molecule has 2 aromatic rings. The smallest absolute Gasteiger partial charge is 0.258 e. The lowest BCUT2D eigenvalue weighted by Crippen LogP contribution is -2.34. The molecule has 0 saturated carbocycles. The van der Waals surface area contributed by atoms with E-state index in [0.717, 1.165) is 36.2 Å². The zero-order valence-electron chi connectivity index (χ0n) is 12.5. The molecule has 0 spiro atoms. The van der Waals surface area contributed by atoms with Crippen molar-refractivity contribution >= 4 is 10.8 Å². The largest absolute Gasteiger partial charge is 0.494 e. The number of rotatable bonds is 4. The second-order valence-electron chi connectivity index (χ2n) is 5.67. The van der Waals surface area contributed by atoms with Gasteiger partial charge in [-0.1, -0.05) is 0 Å². The summed E-state index contributed by atoms with van der Waals surface area (Å²) in [5, 5.41) is 5.12. The number of piperidine rings is 1. The molecule has 3 rings (SSSR count). The first-order valence-corrected chi connectivity index (χ1v) is 7.74. The first-order valence-electron chi connectivity index (χ1n) is 7.74. The SMILES string of the molecule is CCOc1ccc2c(=O)n(CC3CCCNC3)ccc2c1. The topological polar surface area (TPSA) is 43.3 Å². The number of hydrogen-bond acceptors (Lipinski definition) is 3. The molecule has 0 amide bonds. The van der Waals surface area contributed by atoms with Gasteiger partial charge in [-0.3, -0.25) is 4.79 Å². The molecule has 0 aliphatic carbocycles. The number of ether oxygens (including phenoxy) is 1. The number of fused-ring (bicyclic) bond motifs is 1. The van der Waals surface area contributed by atoms with Crippen LogP contribution < -0.4 is 15.6 Å². The summed E-state index contributed by atoms with van der Waals surface area (Å²) >= 11 is 0. The number of benzene rings is 1. The molecule has 1 aliphatic heterocycles. The van der Waals surface area contributed by atoms with Crippen LogP contribution in [0.2, 0.25) is 0 Å². The maximum atomic E-state index is 12.6. The van der Waals surface area contributed by atoms with Gasteiger partial charge in [0.1, 0.15) is 5.75 Å². The standard InChI is InChI=1S/C17H22N2O2/c1-2-21-15-5-6-16-14(10-15)7-9-19(17(16)20)12-13-4-3-8-18-11-13/h5-7,9-10,13,18H,2-4,8,11-12H2,1H3. The van der Waals surface area contributed by atoms with Gasteiger partial charge in [0.15, 0.2) is 0 Å². The molecule has 1 unspecified atom stereocenters. The lowest BCUT2D eigenvalue weighted by atomic mass is 9.99. The first-order chi connectivity index (χ1) is 10.3. The Labute approximate surface area is 124 Å². The highest BCUT2D eigenvalue weighted by atomic mass is 16.5. The van der Waals surface area contributed by atoms with E-state index < -0.39 is 0 Å². The molecule has 1 aliphatic rings. The molecule has 2 heterocycles. The van der Waals surface area contributed by atoms with Gasteiger partial charge in [-0.15, -0.1) is 0 Å². The molecule has 1 N–H and O–H groups in total. The Morgan fingerprint density at radius 3 is 3.05 bits per heavy atom. The van der Waals surface area contributed by atoms with Gasteiger partial charge >= 0.3 is 0 Å². The Kier molecular flexibility index (Phi) is 4.25. The molecule has 1 aromatic heterocycles. The second kappa shape index (κ2) is 6.31. The molecule has 1 saturated heterocycles. The molecule has 1 fully saturated rings. The Bertz CT molecular complexity index is 672. The Hall–Kier alpha value is -1.81. The summed E-state index contributed by atoms with van der Waals surface area (Å²) < 4.78 is 7.34. The summed E-state index contributed by atoms with van der Waals surface area (Å²) in [5.74, 6) is 1.37. The van der Waals surface area contributed by atoms with E-state index in [9.17, 15) is 4.79 Å². The lowest BCUT2D eigenvalue weighted by Gasteiger charge is -2.23. The lowest BCUT2D eigenvalue weighted by molar-refractivity contribution is 0.334. The van der Waals surface area contributed by atoms with Gasteiger partial charge in [-0.25, -0.2) is 0 Å². The zero-order valence-corrected chi connectivity index (χ0v) is 12.5. The van der Waals surface area contributed by atoms with E-state index in [1.54, 1.807) is 0 Å². The Morgan fingerprint density at radius 2 is 2.29 bits per heavy atom. The van der Waals surface area contributed by atoms with Gasteiger partial charge in [-0.2, -0.15) is 0 Å². The van der Waals surface area contributed by atoms with Crippen molar-refractivity contribution in [3.63, 3.8) is 0 Å². The molecule has 4 nitrogen and oxygen atoms in total. The fraction of sp³-hybridized carbons (Fsp3) is 0.471. The molecule has 0 radical (unpaired) electrons. The van der Waals surface area contributed by atoms with Crippen molar-refractivity contribution in [2.75, 3.05) is 19.7 Å². The number of nitrogens with zero attached hydrogens (tertiary/aromatic N) is 1. The minimum absolute atomic E-state index is 0.0983. The van der Waals surface area contributed by atoms with Gasteiger partial charge in [0, 0.05) is 18.1 Å². The molecule has 0 bridgehead atoms. The van der Waals surface area contributed by atoms with E-state index in [1.807, 2.05) is 42.0 Å². The molecule has 1 atom stereocenters. The predicted octanol–water partition coefficient (Wildman–Crippen LogP) is 2.40. The summed E-state index contributed by atoms with van der Waals surface area (Å²) in [6, 6.07) is 7.69. The number of aromatic nitrogens is 1. The van der Waals surface area contributed by atoms with Gasteiger partial charge in [0.2, 0.25) is 0 Å². The normalized spacial score (nSPS) is 18.8. The summed E-state index contributed by atoms with van der Waals surface area (Å²) in [6.45, 7) is 5.50. The van der Waals surface area contributed by atoms with E-state index >= 15 is 0 Å². The molecule has 4 heteroatoms.